The minimum atomic E-state index is -4.96. The molecule has 3 aromatic rings. The minimum Gasteiger partial charge on any atom is -0.507 e. The van der Waals surface area contributed by atoms with Crippen LogP contribution in [-0.4, -0.2) is 43.5 Å². The smallest absolute Gasteiger partial charge is 0.507 e. The van der Waals surface area contributed by atoms with Crippen molar-refractivity contribution in [2.45, 2.75) is 12.4 Å². The van der Waals surface area contributed by atoms with E-state index in [1.54, 1.807) is 30.3 Å². The summed E-state index contributed by atoms with van der Waals surface area (Å²) in [6.45, 7) is 0.651. The molecule has 1 atom stereocenters. The van der Waals surface area contributed by atoms with E-state index >= 15 is 0 Å². The van der Waals surface area contributed by atoms with Gasteiger partial charge in [-0.1, -0.05) is 18.2 Å². The summed E-state index contributed by atoms with van der Waals surface area (Å²) < 4.78 is 58.9. The Morgan fingerprint density at radius 1 is 0.947 bits per heavy atom. The fraction of sp³-hybridized carbons (Fsp3) is 0.185. The van der Waals surface area contributed by atoms with Gasteiger partial charge in [-0.2, -0.15) is 0 Å². The number of aliphatic hydroxyl groups is 1. The summed E-state index contributed by atoms with van der Waals surface area (Å²) in [6, 6.07) is 14.5. The van der Waals surface area contributed by atoms with E-state index in [0.29, 0.717) is 36.0 Å². The van der Waals surface area contributed by atoms with E-state index in [0.717, 1.165) is 17.0 Å². The van der Waals surface area contributed by atoms with Crippen LogP contribution in [-0.2, 0) is 9.59 Å². The van der Waals surface area contributed by atoms with E-state index < -0.39 is 35.6 Å². The molecule has 2 aliphatic rings. The van der Waals surface area contributed by atoms with Gasteiger partial charge < -0.3 is 24.1 Å². The molecule has 38 heavy (non-hydrogen) atoms. The van der Waals surface area contributed by atoms with Crippen LogP contribution in [0.1, 0.15) is 17.2 Å². The van der Waals surface area contributed by atoms with Gasteiger partial charge in [0.1, 0.15) is 30.5 Å². The number of hydrogen-bond acceptors (Lipinski definition) is 7. The Kier molecular flexibility index (Phi) is 6.35. The van der Waals surface area contributed by atoms with Gasteiger partial charge in [-0.3, -0.25) is 14.5 Å². The monoisotopic (exact) mass is 527 g/mol. The number of methoxy groups -OCH3 is 1. The van der Waals surface area contributed by atoms with Crippen LogP contribution in [0.5, 0.6) is 23.0 Å². The van der Waals surface area contributed by atoms with E-state index in [4.69, 9.17) is 14.2 Å². The molecule has 11 heteroatoms. The van der Waals surface area contributed by atoms with Crippen LogP contribution in [0, 0.1) is 0 Å². The summed E-state index contributed by atoms with van der Waals surface area (Å²) in [5, 5.41) is 11.3. The highest BCUT2D eigenvalue weighted by Gasteiger charge is 2.47. The van der Waals surface area contributed by atoms with Gasteiger partial charge in [0.25, 0.3) is 11.7 Å². The van der Waals surface area contributed by atoms with Crippen molar-refractivity contribution in [3.05, 3.63) is 83.4 Å². The SMILES string of the molecule is COc1cccc(C2/C(=C(/O)c3ccc4c(c3)OCCO4)C(=O)C(=O)N2c2cccc(OC(F)(F)F)c2)c1. The average Bonchev–Trinajstić information content (AvgIpc) is 3.17. The summed E-state index contributed by atoms with van der Waals surface area (Å²) in [5.74, 6) is -1.91. The number of alkyl halides is 3. The molecular formula is C27H20F3NO7. The molecule has 0 spiro atoms. The van der Waals surface area contributed by atoms with Gasteiger partial charge in [0.05, 0.1) is 18.7 Å². The maximum atomic E-state index is 13.3. The third kappa shape index (κ3) is 4.70. The number of carbonyl (C=O) groups is 2. The second-order valence-electron chi connectivity index (χ2n) is 8.35. The van der Waals surface area contributed by atoms with Gasteiger partial charge in [-0.05, 0) is 48.0 Å². The fourth-order valence-corrected chi connectivity index (χ4v) is 4.40. The summed E-state index contributed by atoms with van der Waals surface area (Å²) in [4.78, 5) is 27.7. The Labute approximate surface area is 214 Å². The molecule has 0 saturated carbocycles. The number of ether oxygens (including phenoxy) is 4. The number of amides is 1. The molecule has 0 aromatic heterocycles. The second kappa shape index (κ2) is 9.66. The molecule has 2 heterocycles. The van der Waals surface area contributed by atoms with Gasteiger partial charge in [0.15, 0.2) is 11.5 Å². The lowest BCUT2D eigenvalue weighted by molar-refractivity contribution is -0.274. The van der Waals surface area contributed by atoms with Crippen LogP contribution in [0.4, 0.5) is 18.9 Å². The Morgan fingerprint density at radius 2 is 1.66 bits per heavy atom. The molecule has 1 unspecified atom stereocenters. The van der Waals surface area contributed by atoms with Gasteiger partial charge in [-0.15, -0.1) is 13.2 Å². The van der Waals surface area contributed by atoms with Crippen LogP contribution >= 0.6 is 0 Å². The van der Waals surface area contributed by atoms with Crippen LogP contribution in [0.2, 0.25) is 0 Å². The number of aliphatic hydroxyl groups excluding tert-OH is 1. The largest absolute Gasteiger partial charge is 0.573 e. The van der Waals surface area contributed by atoms with Crippen molar-refractivity contribution in [3.63, 3.8) is 0 Å². The first kappa shape index (κ1) is 25.0. The molecule has 1 N–H and O–H groups in total. The molecule has 196 valence electrons. The number of nitrogens with zero attached hydrogens (tertiary/aromatic N) is 1. The minimum absolute atomic E-state index is 0.0390. The first-order valence-electron chi connectivity index (χ1n) is 11.4. The van der Waals surface area contributed by atoms with Crippen molar-refractivity contribution < 1.29 is 46.8 Å². The number of benzene rings is 3. The zero-order chi connectivity index (χ0) is 27.0. The normalized spacial score (nSPS) is 18.4. The van der Waals surface area contributed by atoms with Gasteiger partial charge >= 0.3 is 6.36 Å². The number of ketones is 1. The third-order valence-electron chi connectivity index (χ3n) is 6.00. The summed E-state index contributed by atoms with van der Waals surface area (Å²) in [6.07, 6.45) is -4.96. The molecule has 0 bridgehead atoms. The highest BCUT2D eigenvalue weighted by atomic mass is 19.4. The summed E-state index contributed by atoms with van der Waals surface area (Å²) >= 11 is 0. The number of hydrogen-bond donors (Lipinski definition) is 1. The number of anilines is 1. The van der Waals surface area contributed by atoms with E-state index in [9.17, 15) is 27.9 Å². The van der Waals surface area contributed by atoms with Crippen LogP contribution in [0.3, 0.4) is 0 Å². The second-order valence-corrected chi connectivity index (χ2v) is 8.35. The van der Waals surface area contributed by atoms with Gasteiger partial charge in [0, 0.05) is 17.3 Å². The zero-order valence-electron chi connectivity index (χ0n) is 19.8. The lowest BCUT2D eigenvalue weighted by atomic mass is 9.94. The van der Waals surface area contributed by atoms with Crippen molar-refractivity contribution in [2.24, 2.45) is 0 Å². The lowest BCUT2D eigenvalue weighted by Crippen LogP contribution is -2.29. The molecule has 3 aromatic carbocycles. The number of halogens is 3. The molecule has 1 amide bonds. The number of rotatable bonds is 5. The molecule has 8 nitrogen and oxygen atoms in total. The van der Waals surface area contributed by atoms with Crippen molar-refractivity contribution in [1.82, 2.24) is 0 Å². The van der Waals surface area contributed by atoms with E-state index in [2.05, 4.69) is 4.74 Å². The third-order valence-corrected chi connectivity index (χ3v) is 6.00. The maximum Gasteiger partial charge on any atom is 0.573 e. The predicted molar refractivity (Wildman–Crippen MR) is 128 cm³/mol. The first-order chi connectivity index (χ1) is 18.2. The quantitative estimate of drug-likeness (QED) is 0.284. The predicted octanol–water partition coefficient (Wildman–Crippen LogP) is 4.99. The van der Waals surface area contributed by atoms with E-state index in [-0.39, 0.29) is 16.8 Å². The number of fused-ring (bicyclic) bond motifs is 1. The van der Waals surface area contributed by atoms with E-state index in [1.807, 2.05) is 0 Å². The molecule has 2 aliphatic heterocycles. The van der Waals surface area contributed by atoms with Crippen LogP contribution in [0.25, 0.3) is 5.76 Å². The molecule has 5 rings (SSSR count). The first-order valence-corrected chi connectivity index (χ1v) is 11.4. The lowest BCUT2D eigenvalue weighted by Gasteiger charge is -2.26. The molecule has 0 radical (unpaired) electrons. The van der Waals surface area contributed by atoms with Crippen molar-refractivity contribution in [1.29, 1.82) is 0 Å². The van der Waals surface area contributed by atoms with Gasteiger partial charge in [0.2, 0.25) is 0 Å². The Morgan fingerprint density at radius 3 is 2.39 bits per heavy atom. The standard InChI is InChI=1S/C27H20F3NO7/c1-35-18-6-2-4-15(12-18)23-22(24(32)16-8-9-20-21(13-16)37-11-10-36-20)25(33)26(34)31(23)17-5-3-7-19(14-17)38-27(28,29)30/h2-9,12-14,23,32H,10-11H2,1H3/b24-22-. The zero-order valence-corrected chi connectivity index (χ0v) is 19.8. The van der Waals surface area contributed by atoms with E-state index in [1.165, 1.54) is 31.4 Å². The van der Waals surface area contributed by atoms with Crippen molar-refractivity contribution in [3.8, 4) is 23.0 Å². The van der Waals surface area contributed by atoms with Crippen LogP contribution < -0.4 is 23.8 Å². The van der Waals surface area contributed by atoms with Gasteiger partial charge in [-0.25, -0.2) is 0 Å². The Hall–Kier alpha value is -4.67. The number of Topliss-reactive ketones (excluding diaryl/α,β-unsaturated/α-hetero) is 1. The number of carbonyl (C=O) groups excluding carboxylic acids is 2. The molecule has 1 fully saturated rings. The molecule has 0 aliphatic carbocycles. The maximum absolute atomic E-state index is 13.3. The highest BCUT2D eigenvalue weighted by molar-refractivity contribution is 6.51. The Balaban J connectivity index is 1.67. The van der Waals surface area contributed by atoms with Crippen molar-refractivity contribution in [2.75, 3.05) is 25.2 Å². The van der Waals surface area contributed by atoms with Crippen molar-refractivity contribution >= 4 is 23.1 Å². The fourth-order valence-electron chi connectivity index (χ4n) is 4.40. The average molecular weight is 527 g/mol. The summed E-state index contributed by atoms with van der Waals surface area (Å²) in [5.41, 5.74) is 0.268. The highest BCUT2D eigenvalue weighted by Crippen LogP contribution is 2.44. The Bertz CT molecular complexity index is 1450. The summed E-state index contributed by atoms with van der Waals surface area (Å²) in [7, 11) is 1.43. The molecule has 1 saturated heterocycles. The van der Waals surface area contributed by atoms with Crippen LogP contribution in [0.15, 0.2) is 72.3 Å². The molecular weight excluding hydrogens is 507 g/mol. The topological polar surface area (TPSA) is 94.5 Å².